The largest absolute Gasteiger partial charge is 0.309 e. The summed E-state index contributed by atoms with van der Waals surface area (Å²) in [5.41, 5.74) is 0. The van der Waals surface area contributed by atoms with Gasteiger partial charge in [-0.15, -0.1) is 0 Å². The van der Waals surface area contributed by atoms with Crippen LogP contribution in [0.25, 0.3) is 0 Å². The van der Waals surface area contributed by atoms with Crippen LogP contribution < -0.4 is 0 Å². The molecule has 0 N–H and O–H groups in total. The van der Waals surface area contributed by atoms with Crippen molar-refractivity contribution in [2.75, 3.05) is 0 Å². The molecule has 0 saturated heterocycles. The lowest BCUT2D eigenvalue weighted by Crippen LogP contribution is -1.80. The van der Waals surface area contributed by atoms with Crippen molar-refractivity contribution in [1.82, 2.24) is 0 Å². The third kappa shape index (κ3) is 2.28. The Morgan fingerprint density at radius 3 is 3.11 bits per heavy atom. The van der Waals surface area contributed by atoms with Crippen molar-refractivity contribution >= 4 is 23.2 Å². The van der Waals surface area contributed by atoms with Crippen molar-refractivity contribution < 1.29 is 4.79 Å². The summed E-state index contributed by atoms with van der Waals surface area (Å²) in [7, 11) is 0. The van der Waals surface area contributed by atoms with E-state index in [1.165, 1.54) is 6.21 Å². The van der Waals surface area contributed by atoms with Crippen LogP contribution in [0.15, 0.2) is 28.6 Å². The number of carbonyl (C=O) groups excluding carboxylic acids is 1. The van der Waals surface area contributed by atoms with E-state index in [9.17, 15) is 4.79 Å². The molecular weight excluding hydrogens is 134 g/mol. The average Bonchev–Trinajstić information content (AvgIpc) is 1.79. The number of hydrogen-bond acceptors (Lipinski definition) is 2. The number of amides is 1. The highest BCUT2D eigenvalue weighted by Crippen LogP contribution is 2.07. The molecule has 0 fully saturated rings. The lowest BCUT2D eigenvalue weighted by atomic mass is 10.5. The number of thioether (sulfide) groups is 1. The van der Waals surface area contributed by atoms with E-state index in [-0.39, 0.29) is 5.24 Å². The zero-order valence-electron chi connectivity index (χ0n) is 4.65. The number of hydrogen-bond donors (Lipinski definition) is 0. The van der Waals surface area contributed by atoms with Crippen LogP contribution in [0.3, 0.4) is 0 Å². The van der Waals surface area contributed by atoms with Gasteiger partial charge in [0, 0.05) is 6.21 Å². The molecule has 0 spiro atoms. The van der Waals surface area contributed by atoms with Crippen LogP contribution in [0.1, 0.15) is 0 Å². The molecule has 0 aromatic rings. The van der Waals surface area contributed by atoms with E-state index in [0.717, 1.165) is 11.8 Å². The van der Waals surface area contributed by atoms with Gasteiger partial charge in [0.25, 0.3) is 0 Å². The first-order valence-corrected chi connectivity index (χ1v) is 3.34. The maximum absolute atomic E-state index is 10.5. The summed E-state index contributed by atoms with van der Waals surface area (Å²) in [5.74, 6) is 0. The van der Waals surface area contributed by atoms with Crippen LogP contribution in [-0.4, -0.2) is 11.5 Å². The summed E-state index contributed by atoms with van der Waals surface area (Å²) >= 11 is 1.08. The van der Waals surface area contributed by atoms with Gasteiger partial charge in [-0.3, -0.25) is 4.79 Å². The van der Waals surface area contributed by atoms with Gasteiger partial charge >= 0.3 is 5.24 Å². The summed E-state index contributed by atoms with van der Waals surface area (Å²) < 4.78 is 0. The maximum atomic E-state index is 10.5. The van der Waals surface area contributed by atoms with Crippen LogP contribution in [0.4, 0.5) is 4.79 Å². The number of carbonyl (C=O) groups is 1. The number of aliphatic imine (C=N–C) groups is 1. The first-order chi connectivity index (χ1) is 4.39. The van der Waals surface area contributed by atoms with Crippen LogP contribution in [0.5, 0.6) is 0 Å². The van der Waals surface area contributed by atoms with Crippen LogP contribution in [0, 0.1) is 0 Å². The first kappa shape index (κ1) is 6.29. The molecule has 1 rings (SSSR count). The quantitative estimate of drug-likeness (QED) is 0.513. The Morgan fingerprint density at radius 2 is 2.22 bits per heavy atom. The minimum absolute atomic E-state index is 0.171. The molecule has 0 aromatic carbocycles. The van der Waals surface area contributed by atoms with Gasteiger partial charge in [-0.1, -0.05) is 12.2 Å². The van der Waals surface area contributed by atoms with Crippen LogP contribution >= 0.6 is 11.8 Å². The molecule has 1 amide bonds. The Labute approximate surface area is 57.4 Å². The number of allylic oxidation sites excluding steroid dienone is 3. The van der Waals surface area contributed by atoms with Crippen molar-refractivity contribution in [3.05, 3.63) is 23.6 Å². The molecule has 0 unspecified atom stereocenters. The van der Waals surface area contributed by atoms with E-state index in [1.807, 2.05) is 6.08 Å². The Kier molecular flexibility index (Phi) is 2.27. The Morgan fingerprint density at radius 1 is 1.33 bits per heavy atom. The first-order valence-electron chi connectivity index (χ1n) is 2.46. The highest BCUT2D eigenvalue weighted by molar-refractivity contribution is 8.16. The van der Waals surface area contributed by atoms with Crippen molar-refractivity contribution in [1.29, 1.82) is 0 Å². The smallest absolute Gasteiger partial charge is 0.259 e. The van der Waals surface area contributed by atoms with Gasteiger partial charge in [0.15, 0.2) is 0 Å². The van der Waals surface area contributed by atoms with E-state index < -0.39 is 0 Å². The minimum atomic E-state index is -0.171. The lowest BCUT2D eigenvalue weighted by Gasteiger charge is -1.85. The highest BCUT2D eigenvalue weighted by Gasteiger charge is 1.92. The molecule has 0 aromatic heterocycles. The van der Waals surface area contributed by atoms with E-state index in [2.05, 4.69) is 4.99 Å². The predicted molar refractivity (Wildman–Crippen MR) is 39.8 cm³/mol. The number of rotatable bonds is 0. The lowest BCUT2D eigenvalue weighted by molar-refractivity contribution is 0.267. The zero-order chi connectivity index (χ0) is 6.53. The molecule has 0 radical (unpaired) electrons. The van der Waals surface area contributed by atoms with Gasteiger partial charge < -0.3 is 0 Å². The Hall–Kier alpha value is -0.830. The Balaban J connectivity index is 2.70. The molecule has 2 nitrogen and oxygen atoms in total. The summed E-state index contributed by atoms with van der Waals surface area (Å²) in [6.45, 7) is 0. The van der Waals surface area contributed by atoms with E-state index >= 15 is 0 Å². The van der Waals surface area contributed by atoms with Crippen LogP contribution in [0.2, 0.25) is 0 Å². The predicted octanol–water partition coefficient (Wildman–Crippen LogP) is 1.99. The van der Waals surface area contributed by atoms with Gasteiger partial charge in [0.2, 0.25) is 0 Å². The third-order valence-corrected chi connectivity index (χ3v) is 1.34. The highest BCUT2D eigenvalue weighted by atomic mass is 32.2. The maximum Gasteiger partial charge on any atom is 0.309 e. The summed E-state index contributed by atoms with van der Waals surface area (Å²) in [6.07, 6.45) is 6.82. The minimum Gasteiger partial charge on any atom is -0.259 e. The molecule has 0 bridgehead atoms. The van der Waals surface area contributed by atoms with E-state index in [4.69, 9.17) is 0 Å². The molecule has 1 aliphatic heterocycles. The van der Waals surface area contributed by atoms with Crippen molar-refractivity contribution in [2.24, 2.45) is 4.99 Å². The fourth-order valence-electron chi connectivity index (χ4n) is 0.391. The molecule has 46 valence electrons. The zero-order valence-corrected chi connectivity index (χ0v) is 5.47. The second-order valence-electron chi connectivity index (χ2n) is 1.38. The summed E-state index contributed by atoms with van der Waals surface area (Å²) in [5, 5.41) is 1.53. The van der Waals surface area contributed by atoms with E-state index in [1.54, 1.807) is 17.6 Å². The van der Waals surface area contributed by atoms with Gasteiger partial charge in [0.05, 0.1) is 0 Å². The van der Waals surface area contributed by atoms with Gasteiger partial charge in [0.1, 0.15) is 0 Å². The van der Waals surface area contributed by atoms with Gasteiger partial charge in [-0.2, -0.15) is 0 Å². The summed E-state index contributed by atoms with van der Waals surface area (Å²) in [6, 6.07) is 0. The molecule has 1 aliphatic rings. The van der Waals surface area contributed by atoms with Crippen LogP contribution in [-0.2, 0) is 0 Å². The molecule has 9 heavy (non-hydrogen) atoms. The van der Waals surface area contributed by atoms with Crippen molar-refractivity contribution in [3.8, 4) is 0 Å². The molecule has 1 heterocycles. The monoisotopic (exact) mass is 139 g/mol. The second kappa shape index (κ2) is 3.25. The van der Waals surface area contributed by atoms with E-state index in [0.29, 0.717) is 0 Å². The normalized spacial score (nSPS) is 17.6. The van der Waals surface area contributed by atoms with Crippen molar-refractivity contribution in [2.45, 2.75) is 0 Å². The van der Waals surface area contributed by atoms with Gasteiger partial charge in [-0.25, -0.2) is 4.99 Å². The van der Waals surface area contributed by atoms with Crippen molar-refractivity contribution in [3.63, 3.8) is 0 Å². The number of nitrogens with zero attached hydrogens (tertiary/aromatic N) is 1. The standard InChI is InChI=1S/C6H5NOS/c8-6-7-4-2-1-3-5-9-6/h1-5H. The molecule has 0 atom stereocenters. The third-order valence-electron chi connectivity index (χ3n) is 0.736. The molecule has 0 aliphatic carbocycles. The molecule has 3 heteroatoms. The second-order valence-corrected chi connectivity index (χ2v) is 2.23. The van der Waals surface area contributed by atoms with Gasteiger partial charge in [-0.05, 0) is 23.2 Å². The topological polar surface area (TPSA) is 29.4 Å². The Bertz CT molecular complexity index is 193. The summed E-state index contributed by atoms with van der Waals surface area (Å²) in [4.78, 5) is 14.1. The SMILES string of the molecule is O=C1N=CC=CC=CS1. The molecular formula is C6H5NOS. The fraction of sp³-hybridized carbons (Fsp3) is 0. The average molecular weight is 139 g/mol. The molecule has 0 saturated carbocycles. The fourth-order valence-corrected chi connectivity index (χ4v) is 0.798.